The van der Waals surface area contributed by atoms with E-state index in [4.69, 9.17) is 44.1 Å². The number of nitrogens with one attached hydrogen (secondary N) is 6. The first-order valence-electron chi connectivity index (χ1n) is 40.0. The molecule has 16 rings (SSSR count). The second-order valence-electron chi connectivity index (χ2n) is 31.2. The molecule has 6 atom stereocenters. The lowest BCUT2D eigenvalue weighted by molar-refractivity contribution is 0.0752. The van der Waals surface area contributed by atoms with E-state index in [1.54, 1.807) is 176 Å². The van der Waals surface area contributed by atoms with Gasteiger partial charge in [-0.25, -0.2) is 82.7 Å². The molecule has 6 fully saturated rings. The van der Waals surface area contributed by atoms with Crippen LogP contribution in [0.5, 0.6) is 0 Å². The monoisotopic (exact) mass is 1710 g/mol. The number of morpholine rings is 3. The Balaban J connectivity index is 0.000000149. The van der Waals surface area contributed by atoms with Gasteiger partial charge in [0.1, 0.15) is 38.4 Å². The summed E-state index contributed by atoms with van der Waals surface area (Å²) in [6, 6.07) is 50.2. The summed E-state index contributed by atoms with van der Waals surface area (Å²) >= 11 is 0. The molecule has 6 N–H and O–H groups in total. The van der Waals surface area contributed by atoms with Gasteiger partial charge in [0, 0.05) is 71.7 Å². The number of aromatic nitrogens is 8. The fraction of sp³-hybridized carbons (Fsp3) is 0.372. The van der Waals surface area contributed by atoms with E-state index >= 15 is 0 Å². The summed E-state index contributed by atoms with van der Waals surface area (Å²) in [6.07, 6.45) is 3.44. The van der Waals surface area contributed by atoms with Crippen molar-refractivity contribution in [3.63, 3.8) is 0 Å². The number of urea groups is 3. The molecular weight excluding hydrogens is 1620 g/mol. The molecule has 7 heterocycles. The minimum Gasteiger partial charge on any atom is -0.377 e. The highest BCUT2D eigenvalue weighted by Crippen LogP contribution is 2.58. The quantitative estimate of drug-likeness (QED) is 0.0346. The second kappa shape index (κ2) is 36.0. The maximum Gasteiger partial charge on any atom is 0.323 e. The second-order valence-corrected chi connectivity index (χ2v) is 38.0. The average Bonchev–Trinajstić information content (AvgIpc) is 1.57. The van der Waals surface area contributed by atoms with Crippen molar-refractivity contribution < 1.29 is 67.0 Å². The first kappa shape index (κ1) is 85.9. The van der Waals surface area contributed by atoms with Gasteiger partial charge in [-0.15, -0.1) is 0 Å². The molecule has 3 saturated carbocycles. The topological polar surface area (TPSA) is 358 Å². The highest BCUT2D eigenvalue weighted by molar-refractivity contribution is 7.93. The number of benzene rings is 6. The van der Waals surface area contributed by atoms with Crippen LogP contribution in [0.15, 0.2) is 209 Å². The summed E-state index contributed by atoms with van der Waals surface area (Å²) in [5.74, 6) is 3.12. The number of nitrogens with zero attached hydrogens (tertiary/aromatic N) is 11. The van der Waals surface area contributed by atoms with E-state index in [-0.39, 0.29) is 57.5 Å². The number of rotatable bonds is 23. The summed E-state index contributed by atoms with van der Waals surface area (Å²) in [6.45, 7) is 14.1. The zero-order valence-electron chi connectivity index (χ0n) is 67.8. The predicted octanol–water partition coefficient (Wildman–Crippen LogP) is 13.5. The Kier molecular flexibility index (Phi) is 25.6. The minimum absolute atomic E-state index is 0.0126. The molecule has 636 valence electrons. The smallest absolute Gasteiger partial charge is 0.323 e. The number of sulfone groups is 3. The molecule has 6 amide bonds. The Bertz CT molecular complexity index is 5680. The van der Waals surface area contributed by atoms with Gasteiger partial charge in [-0.3, -0.25) is 4.68 Å². The number of ether oxygens (including phenoxy) is 3. The highest BCUT2D eigenvalue weighted by atomic mass is 32.2. The minimum atomic E-state index is -3.73. The number of hydrogen-bond acceptors (Lipinski definition) is 22. The van der Waals surface area contributed by atoms with Gasteiger partial charge in [-0.1, -0.05) is 54.6 Å². The Labute approximate surface area is 700 Å². The maximum absolute atomic E-state index is 13.9. The molecule has 29 nitrogen and oxygen atoms in total. The molecule has 0 spiro atoms. The molecule has 0 unspecified atom stereocenters. The Hall–Kier alpha value is -11.5. The van der Waals surface area contributed by atoms with Crippen molar-refractivity contribution in [1.29, 1.82) is 0 Å². The Morgan fingerprint density at radius 3 is 0.975 bits per heavy atom. The fourth-order valence-electron chi connectivity index (χ4n) is 15.5. The molecule has 6 aromatic carbocycles. The van der Waals surface area contributed by atoms with Crippen molar-refractivity contribution >= 4 is 87.8 Å². The fourth-order valence-corrected chi connectivity index (χ4v) is 21.5. The number of carbonyl (C=O) groups excluding carboxylic acids is 3. The molecule has 4 aromatic heterocycles. The van der Waals surface area contributed by atoms with E-state index in [0.29, 0.717) is 170 Å². The molecule has 35 heteroatoms. The number of anilines is 7. The van der Waals surface area contributed by atoms with Crippen LogP contribution >= 0.6 is 0 Å². The van der Waals surface area contributed by atoms with Crippen molar-refractivity contribution in [3.8, 4) is 34.2 Å². The van der Waals surface area contributed by atoms with Gasteiger partial charge < -0.3 is 60.8 Å². The molecule has 0 radical (unpaired) electrons. The standard InChI is InChI=1S/C30H33N7O4S.C28H31F2N5O4S.C28H32FN5O4S/c1-20-18-41-19-21(2)37(20)27-15-26(30(13-14-30)42(39,40)25-7-5-4-6-8-25)34-28(35-27)22-9-11-23(12-10-22)32-29(38)33-24-16-31-36(3)17-24;1-18-16-39-17-19(2)35(18)25-14-23(28(12-13-28)40(37,38)22-6-4-3-5-7-22)33-26(34-25)20-8-10-21(11-9-20)32-27(36)31-15-24(29)30;1-19-17-38-18-20(2)34(19)25-16-24(28(12-13-28)39(36,37)23-6-4-3-5-7-23)32-26(33-25)21-8-10-22(11-9-21)31-27(35)30-15-14-29/h4-12,15-17,20-21H,13-14,18-19H2,1-3H3,(H2,32,33,38);3-11,14,18-19,24H,12-13,15-17H2,1-2H3,(H2,31,32,36);3-11,16,19-20H,12-15,17-18H2,1-2H3,(H2,30,31,35)/t20-,21-;18-,19-;19-,20-/m000/s1. The Morgan fingerprint density at radius 2 is 0.702 bits per heavy atom. The van der Waals surface area contributed by atoms with E-state index in [1.807, 2.05) is 44.2 Å². The lowest BCUT2D eigenvalue weighted by atomic mass is 10.1. The van der Waals surface area contributed by atoms with Gasteiger partial charge >= 0.3 is 18.1 Å². The molecule has 0 bridgehead atoms. The molecule has 6 aliphatic rings. The highest BCUT2D eigenvalue weighted by Gasteiger charge is 2.60. The number of aryl methyl sites for hydroxylation is 1. The van der Waals surface area contributed by atoms with Gasteiger partial charge in [-0.05, 0) is 189 Å². The third kappa shape index (κ3) is 18.7. The number of amides is 6. The average molecular weight is 1710 g/mol. The van der Waals surface area contributed by atoms with Gasteiger partial charge in [0.25, 0.3) is 6.43 Å². The zero-order chi connectivity index (χ0) is 85.6. The van der Waals surface area contributed by atoms with Crippen molar-refractivity contribution in [2.75, 3.05) is 95.4 Å². The van der Waals surface area contributed by atoms with E-state index in [1.165, 1.54) is 0 Å². The number of halogens is 3. The van der Waals surface area contributed by atoms with Crippen molar-refractivity contribution in [1.82, 2.24) is 50.3 Å². The molecular formula is C86H96F3N17O12S3. The molecule has 3 saturated heterocycles. The van der Waals surface area contributed by atoms with Gasteiger partial charge in [0.05, 0.1) is 126 Å². The van der Waals surface area contributed by atoms with Crippen molar-refractivity contribution in [2.24, 2.45) is 7.05 Å². The van der Waals surface area contributed by atoms with Crippen LogP contribution in [0.3, 0.4) is 0 Å². The largest absolute Gasteiger partial charge is 0.377 e. The number of hydrogen-bond donors (Lipinski definition) is 6. The first-order chi connectivity index (χ1) is 58.0. The van der Waals surface area contributed by atoms with Crippen molar-refractivity contribution in [2.45, 2.75) is 152 Å². The maximum atomic E-state index is 13.9. The van der Waals surface area contributed by atoms with Gasteiger partial charge in [0.2, 0.25) is 0 Å². The van der Waals surface area contributed by atoms with E-state index < -0.39 is 81.5 Å². The third-order valence-electron chi connectivity index (χ3n) is 22.1. The zero-order valence-corrected chi connectivity index (χ0v) is 70.2. The molecule has 10 aromatic rings. The van der Waals surface area contributed by atoms with Crippen LogP contribution in [0.4, 0.5) is 67.8 Å². The van der Waals surface area contributed by atoms with E-state index in [0.717, 1.165) is 0 Å². The van der Waals surface area contributed by atoms with Gasteiger partial charge in [0.15, 0.2) is 47.0 Å². The van der Waals surface area contributed by atoms with Crippen LogP contribution in [0.1, 0.15) is 97.1 Å². The first-order valence-corrected chi connectivity index (χ1v) is 44.4. The predicted molar refractivity (Wildman–Crippen MR) is 455 cm³/mol. The number of alkyl halides is 3. The Morgan fingerprint density at radius 1 is 0.413 bits per heavy atom. The van der Waals surface area contributed by atoms with Gasteiger partial charge in [-0.2, -0.15) is 5.10 Å². The van der Waals surface area contributed by atoms with Crippen LogP contribution in [-0.4, -0.2) is 185 Å². The SMILES string of the molecule is C[C@H]1COC[C@H](C)N1c1cc(C2(S(=O)(=O)c3ccccc3)CC2)nc(-c2ccc(NC(=O)NCC(F)F)cc2)n1.C[C@H]1COC[C@H](C)N1c1cc(C2(S(=O)(=O)c3ccccc3)CC2)nc(-c2ccc(NC(=O)NCCF)cc2)n1.C[C@H]1COC[C@H](C)N1c1cc(C2(S(=O)(=O)c3ccccc3)CC2)nc(-c2ccc(NC(=O)Nc3cnn(C)c3)cc2)n1. The summed E-state index contributed by atoms with van der Waals surface area (Å²) in [4.78, 5) is 72.6. The van der Waals surface area contributed by atoms with E-state index in [2.05, 4.69) is 79.4 Å². The molecule has 121 heavy (non-hydrogen) atoms. The third-order valence-corrected chi connectivity index (χ3v) is 29.7. The summed E-state index contributed by atoms with van der Waals surface area (Å²) < 4.78 is 136. The molecule has 3 aliphatic carbocycles. The summed E-state index contributed by atoms with van der Waals surface area (Å²) in [7, 11) is -9.35. The number of carbonyl (C=O) groups is 3. The van der Waals surface area contributed by atoms with Crippen molar-refractivity contribution in [3.05, 3.63) is 211 Å². The van der Waals surface area contributed by atoms with Crippen LogP contribution in [0, 0.1) is 0 Å². The molecule has 3 aliphatic heterocycles. The lowest BCUT2D eigenvalue weighted by Crippen LogP contribution is -2.50. The van der Waals surface area contributed by atoms with Crippen LogP contribution in [0.2, 0.25) is 0 Å². The lowest BCUT2D eigenvalue weighted by Gasteiger charge is -2.40. The summed E-state index contributed by atoms with van der Waals surface area (Å²) in [5, 5.41) is 19.3. The van der Waals surface area contributed by atoms with Crippen LogP contribution in [-0.2, 0) is 65.0 Å². The van der Waals surface area contributed by atoms with Crippen LogP contribution in [0.25, 0.3) is 34.2 Å². The summed E-state index contributed by atoms with van der Waals surface area (Å²) in [5.41, 5.74) is 5.49. The normalized spacial score (nSPS) is 20.1. The van der Waals surface area contributed by atoms with Crippen LogP contribution < -0.4 is 46.6 Å². The van der Waals surface area contributed by atoms with E-state index in [9.17, 15) is 52.8 Å².